The predicted octanol–water partition coefficient (Wildman–Crippen LogP) is 0.935. The molecule has 8 heteroatoms. The van der Waals surface area contributed by atoms with Gasteiger partial charge in [-0.25, -0.2) is 9.78 Å². The van der Waals surface area contributed by atoms with Crippen molar-refractivity contribution >= 4 is 11.3 Å². The topological polar surface area (TPSA) is 81.8 Å². The number of rotatable bonds is 6. The number of thiazole rings is 1. The highest BCUT2D eigenvalue weighted by Crippen LogP contribution is 2.19. The molecule has 3 aromatic rings. The van der Waals surface area contributed by atoms with E-state index < -0.39 is 0 Å². The fraction of sp³-hybridized carbons (Fsp3) is 0.294. The average Bonchev–Trinajstić information content (AvgIpc) is 3.10. The summed E-state index contributed by atoms with van der Waals surface area (Å²) in [5.74, 6) is 0. The van der Waals surface area contributed by atoms with Crippen molar-refractivity contribution in [1.82, 2.24) is 24.4 Å². The number of nitrogens with zero attached hydrogens (tertiary/aromatic N) is 4. The highest BCUT2D eigenvalue weighted by molar-refractivity contribution is 7.09. The molecule has 3 heterocycles. The van der Waals surface area contributed by atoms with Gasteiger partial charge in [0.25, 0.3) is 5.56 Å². The van der Waals surface area contributed by atoms with Crippen molar-refractivity contribution in [3.63, 3.8) is 0 Å². The van der Waals surface area contributed by atoms with E-state index in [-0.39, 0.29) is 11.2 Å². The van der Waals surface area contributed by atoms with E-state index in [1.54, 1.807) is 30.8 Å². The summed E-state index contributed by atoms with van der Waals surface area (Å²) in [4.78, 5) is 32.6. The standard InChI is InChI=1S/C17H19N5O2S/c1-21-10-12(16(23)22(2)17(21)24)9-18-8-6-15-20-14(11-25-15)13-5-3-4-7-19-13/h3-5,7,10-11,18H,6,8-9H2,1-2H3. The molecular weight excluding hydrogens is 338 g/mol. The van der Waals surface area contributed by atoms with Crippen LogP contribution in [-0.2, 0) is 27.1 Å². The third-order valence-corrected chi connectivity index (χ3v) is 4.74. The molecule has 0 amide bonds. The first kappa shape index (κ1) is 17.2. The van der Waals surface area contributed by atoms with Crippen molar-refractivity contribution in [3.8, 4) is 11.4 Å². The van der Waals surface area contributed by atoms with Crippen LogP contribution < -0.4 is 16.6 Å². The molecular formula is C17H19N5O2S. The summed E-state index contributed by atoms with van der Waals surface area (Å²) in [5.41, 5.74) is 1.73. The Labute approximate surface area is 148 Å². The van der Waals surface area contributed by atoms with Crippen LogP contribution in [0.4, 0.5) is 0 Å². The Morgan fingerprint density at radius 2 is 2.04 bits per heavy atom. The summed E-state index contributed by atoms with van der Waals surface area (Å²) in [7, 11) is 3.13. The van der Waals surface area contributed by atoms with Crippen LogP contribution >= 0.6 is 11.3 Å². The lowest BCUT2D eigenvalue weighted by molar-refractivity contribution is 0.629. The smallest absolute Gasteiger partial charge is 0.312 e. The van der Waals surface area contributed by atoms with Crippen LogP contribution in [0.25, 0.3) is 11.4 Å². The summed E-state index contributed by atoms with van der Waals surface area (Å²) in [6, 6.07) is 5.76. The van der Waals surface area contributed by atoms with Gasteiger partial charge in [-0.05, 0) is 12.1 Å². The van der Waals surface area contributed by atoms with Gasteiger partial charge in [0.15, 0.2) is 0 Å². The minimum absolute atomic E-state index is 0.262. The Morgan fingerprint density at radius 1 is 1.20 bits per heavy atom. The number of aromatic nitrogens is 4. The maximum Gasteiger partial charge on any atom is 0.330 e. The maximum atomic E-state index is 12.1. The number of hydrogen-bond donors (Lipinski definition) is 1. The monoisotopic (exact) mass is 357 g/mol. The molecule has 0 radical (unpaired) electrons. The van der Waals surface area contributed by atoms with Crippen LogP contribution in [0.3, 0.4) is 0 Å². The van der Waals surface area contributed by atoms with Gasteiger partial charge in [0.2, 0.25) is 0 Å². The predicted molar refractivity (Wildman–Crippen MR) is 97.7 cm³/mol. The van der Waals surface area contributed by atoms with Crippen LogP contribution in [0.2, 0.25) is 0 Å². The number of aryl methyl sites for hydroxylation is 1. The first-order valence-electron chi connectivity index (χ1n) is 7.88. The molecule has 0 bridgehead atoms. The number of nitrogens with one attached hydrogen (secondary N) is 1. The van der Waals surface area contributed by atoms with E-state index in [1.165, 1.54) is 11.6 Å². The third-order valence-electron chi connectivity index (χ3n) is 3.83. The van der Waals surface area contributed by atoms with Crippen LogP contribution in [0.15, 0.2) is 45.6 Å². The number of hydrogen-bond acceptors (Lipinski definition) is 6. The zero-order chi connectivity index (χ0) is 17.8. The summed E-state index contributed by atoms with van der Waals surface area (Å²) in [5, 5.41) is 6.25. The van der Waals surface area contributed by atoms with Crippen molar-refractivity contribution in [2.45, 2.75) is 13.0 Å². The van der Waals surface area contributed by atoms with E-state index in [4.69, 9.17) is 0 Å². The number of pyridine rings is 1. The molecule has 7 nitrogen and oxygen atoms in total. The van der Waals surface area contributed by atoms with Crippen molar-refractivity contribution < 1.29 is 0 Å². The Kier molecular flexibility index (Phi) is 5.20. The van der Waals surface area contributed by atoms with Crippen LogP contribution in [0, 0.1) is 0 Å². The third kappa shape index (κ3) is 3.92. The molecule has 0 aliphatic carbocycles. The highest BCUT2D eigenvalue weighted by Gasteiger charge is 2.07. The van der Waals surface area contributed by atoms with Gasteiger partial charge in [0, 0.05) is 56.9 Å². The lowest BCUT2D eigenvalue weighted by Crippen LogP contribution is -2.39. The van der Waals surface area contributed by atoms with Gasteiger partial charge in [-0.2, -0.15) is 0 Å². The Bertz CT molecular complexity index is 975. The second-order valence-corrected chi connectivity index (χ2v) is 6.62. The van der Waals surface area contributed by atoms with Crippen molar-refractivity contribution in [2.75, 3.05) is 6.54 Å². The molecule has 0 saturated carbocycles. The van der Waals surface area contributed by atoms with Gasteiger partial charge in [0.05, 0.1) is 16.4 Å². The minimum Gasteiger partial charge on any atom is -0.312 e. The molecule has 0 spiro atoms. The molecule has 0 aromatic carbocycles. The molecule has 130 valence electrons. The second kappa shape index (κ2) is 7.54. The van der Waals surface area contributed by atoms with Crippen LogP contribution in [-0.4, -0.2) is 25.6 Å². The second-order valence-electron chi connectivity index (χ2n) is 5.68. The first-order chi connectivity index (χ1) is 12.1. The molecule has 0 atom stereocenters. The zero-order valence-corrected chi connectivity index (χ0v) is 14.9. The molecule has 0 aliphatic heterocycles. The molecule has 25 heavy (non-hydrogen) atoms. The van der Waals surface area contributed by atoms with Gasteiger partial charge in [-0.1, -0.05) is 6.07 Å². The quantitative estimate of drug-likeness (QED) is 0.664. The van der Waals surface area contributed by atoms with Gasteiger partial charge in [-0.3, -0.25) is 14.3 Å². The Balaban J connectivity index is 1.57. The first-order valence-corrected chi connectivity index (χ1v) is 8.76. The maximum absolute atomic E-state index is 12.1. The Hall–Kier alpha value is -2.58. The van der Waals surface area contributed by atoms with Gasteiger partial charge in [-0.15, -0.1) is 11.3 Å². The summed E-state index contributed by atoms with van der Waals surface area (Å²) in [6.07, 6.45) is 4.10. The van der Waals surface area contributed by atoms with Crippen molar-refractivity contribution in [1.29, 1.82) is 0 Å². The fourth-order valence-electron chi connectivity index (χ4n) is 2.48. The highest BCUT2D eigenvalue weighted by atomic mass is 32.1. The van der Waals surface area contributed by atoms with E-state index >= 15 is 0 Å². The largest absolute Gasteiger partial charge is 0.330 e. The summed E-state index contributed by atoms with van der Waals surface area (Å²) < 4.78 is 2.54. The van der Waals surface area contributed by atoms with Crippen LogP contribution in [0.1, 0.15) is 10.6 Å². The van der Waals surface area contributed by atoms with Gasteiger partial charge < -0.3 is 9.88 Å². The van der Waals surface area contributed by atoms with E-state index in [1.807, 2.05) is 23.6 Å². The molecule has 3 rings (SSSR count). The average molecular weight is 357 g/mol. The summed E-state index contributed by atoms with van der Waals surface area (Å²) in [6.45, 7) is 1.11. The van der Waals surface area contributed by atoms with E-state index in [2.05, 4.69) is 15.3 Å². The Morgan fingerprint density at radius 3 is 2.80 bits per heavy atom. The van der Waals surface area contributed by atoms with E-state index in [0.29, 0.717) is 18.7 Å². The normalized spacial score (nSPS) is 11.0. The van der Waals surface area contributed by atoms with E-state index in [9.17, 15) is 9.59 Å². The van der Waals surface area contributed by atoms with Gasteiger partial charge >= 0.3 is 5.69 Å². The van der Waals surface area contributed by atoms with E-state index in [0.717, 1.165) is 27.4 Å². The van der Waals surface area contributed by atoms with Gasteiger partial charge in [0.1, 0.15) is 0 Å². The lowest BCUT2D eigenvalue weighted by Gasteiger charge is -2.07. The molecule has 3 aromatic heterocycles. The molecule has 0 unspecified atom stereocenters. The molecule has 0 fully saturated rings. The minimum atomic E-state index is -0.321. The molecule has 0 aliphatic rings. The SMILES string of the molecule is Cn1cc(CNCCc2nc(-c3ccccn3)cs2)c(=O)n(C)c1=O. The molecule has 1 N–H and O–H groups in total. The lowest BCUT2D eigenvalue weighted by atomic mass is 10.3. The van der Waals surface area contributed by atoms with Crippen molar-refractivity contribution in [2.24, 2.45) is 14.1 Å². The summed E-state index contributed by atoms with van der Waals surface area (Å²) >= 11 is 1.60. The molecule has 0 saturated heterocycles. The van der Waals surface area contributed by atoms with Crippen molar-refractivity contribution in [3.05, 3.63) is 67.4 Å². The van der Waals surface area contributed by atoms with Crippen LogP contribution in [0.5, 0.6) is 0 Å². The zero-order valence-electron chi connectivity index (χ0n) is 14.1. The fourth-order valence-corrected chi connectivity index (χ4v) is 3.27.